The van der Waals surface area contributed by atoms with Gasteiger partial charge in [0.25, 0.3) is 0 Å². The van der Waals surface area contributed by atoms with Crippen LogP contribution in [0.4, 0.5) is 0 Å². The number of halogens is 1. The van der Waals surface area contributed by atoms with E-state index in [9.17, 15) is 4.79 Å². The summed E-state index contributed by atoms with van der Waals surface area (Å²) in [6, 6.07) is 14.2. The zero-order chi connectivity index (χ0) is 16.1. The molecule has 22 heavy (non-hydrogen) atoms. The number of Topliss-reactive ketones (excluding diaryl/α,β-unsaturated/α-hetero) is 1. The molecular formula is C18H16ClNO2. The number of hydrogen-bond donors (Lipinski definition) is 0. The summed E-state index contributed by atoms with van der Waals surface area (Å²) in [5, 5.41) is 9.13. The topological polar surface area (TPSA) is 50.1 Å². The minimum absolute atomic E-state index is 0.108. The van der Waals surface area contributed by atoms with Crippen LogP contribution in [0.3, 0.4) is 0 Å². The lowest BCUT2D eigenvalue weighted by Gasteiger charge is -2.15. The minimum Gasteiger partial charge on any atom is -0.481 e. The van der Waals surface area contributed by atoms with Crippen molar-refractivity contribution in [2.45, 2.75) is 26.4 Å². The van der Waals surface area contributed by atoms with Crippen molar-refractivity contribution in [3.05, 3.63) is 64.2 Å². The van der Waals surface area contributed by atoms with Gasteiger partial charge in [0.2, 0.25) is 5.78 Å². The molecule has 0 radical (unpaired) electrons. The van der Waals surface area contributed by atoms with Gasteiger partial charge in [-0.25, -0.2) is 0 Å². The van der Waals surface area contributed by atoms with Gasteiger partial charge in [0.1, 0.15) is 5.75 Å². The third-order valence-corrected chi connectivity index (χ3v) is 3.68. The van der Waals surface area contributed by atoms with Gasteiger partial charge in [-0.05, 0) is 37.1 Å². The van der Waals surface area contributed by atoms with Gasteiger partial charge < -0.3 is 4.74 Å². The Kier molecular flexibility index (Phi) is 5.19. The Hall–Kier alpha value is -2.31. The molecule has 2 aromatic rings. The fraction of sp³-hybridized carbons (Fsp3) is 0.222. The van der Waals surface area contributed by atoms with Crippen molar-refractivity contribution in [1.82, 2.24) is 0 Å². The van der Waals surface area contributed by atoms with Gasteiger partial charge in [0.05, 0.1) is 16.7 Å². The zero-order valence-electron chi connectivity index (χ0n) is 12.5. The summed E-state index contributed by atoms with van der Waals surface area (Å²) in [4.78, 5) is 12.4. The minimum atomic E-state index is -0.655. The van der Waals surface area contributed by atoms with Crippen LogP contribution in [0.1, 0.15) is 35.3 Å². The summed E-state index contributed by atoms with van der Waals surface area (Å²) in [7, 11) is 0. The summed E-state index contributed by atoms with van der Waals surface area (Å²) in [6.07, 6.45) is 0.277. The van der Waals surface area contributed by atoms with E-state index in [1.165, 1.54) is 11.6 Å². The van der Waals surface area contributed by atoms with Gasteiger partial charge in [0, 0.05) is 5.56 Å². The first kappa shape index (κ1) is 16.1. The third-order valence-electron chi connectivity index (χ3n) is 3.38. The van der Waals surface area contributed by atoms with Crippen molar-refractivity contribution in [2.24, 2.45) is 0 Å². The summed E-state index contributed by atoms with van der Waals surface area (Å²) in [5.41, 5.74) is 2.24. The number of nitrogens with zero attached hydrogens (tertiary/aromatic N) is 1. The number of ether oxygens (including phenoxy) is 1. The Morgan fingerprint density at radius 3 is 2.50 bits per heavy atom. The van der Waals surface area contributed by atoms with Crippen molar-refractivity contribution in [1.29, 1.82) is 5.26 Å². The first-order chi connectivity index (χ1) is 10.5. The standard InChI is InChI=1S/C18H16ClNO2/c1-3-13-4-7-15(8-5-13)18(21)12(2)22-17-9-6-14(11-20)10-16(17)19/h4-10,12H,3H2,1-2H3/t12-/m0/s1. The molecule has 3 nitrogen and oxygen atoms in total. The summed E-state index contributed by atoms with van der Waals surface area (Å²) in [5.74, 6) is 0.287. The van der Waals surface area contributed by atoms with Crippen LogP contribution in [0.15, 0.2) is 42.5 Å². The molecule has 0 unspecified atom stereocenters. The van der Waals surface area contributed by atoms with Crippen LogP contribution in [-0.2, 0) is 6.42 Å². The highest BCUT2D eigenvalue weighted by Gasteiger charge is 2.18. The molecule has 0 saturated carbocycles. The Morgan fingerprint density at radius 1 is 1.27 bits per heavy atom. The van der Waals surface area contributed by atoms with Crippen LogP contribution in [0.2, 0.25) is 5.02 Å². The quantitative estimate of drug-likeness (QED) is 0.767. The van der Waals surface area contributed by atoms with E-state index in [1.54, 1.807) is 31.2 Å². The molecule has 0 aromatic heterocycles. The molecule has 2 rings (SSSR count). The predicted molar refractivity (Wildman–Crippen MR) is 86.4 cm³/mol. The summed E-state index contributed by atoms with van der Waals surface area (Å²) in [6.45, 7) is 3.75. The molecule has 0 aliphatic rings. The number of nitriles is 1. The second-order valence-corrected chi connectivity index (χ2v) is 5.34. The van der Waals surface area contributed by atoms with Crippen LogP contribution >= 0.6 is 11.6 Å². The van der Waals surface area contributed by atoms with Gasteiger partial charge in [0.15, 0.2) is 6.10 Å². The van der Waals surface area contributed by atoms with E-state index >= 15 is 0 Å². The predicted octanol–water partition coefficient (Wildman–Crippen LogP) is 4.42. The Morgan fingerprint density at radius 2 is 1.95 bits per heavy atom. The van der Waals surface area contributed by atoms with Crippen molar-refractivity contribution < 1.29 is 9.53 Å². The first-order valence-electron chi connectivity index (χ1n) is 7.04. The van der Waals surface area contributed by atoms with E-state index in [2.05, 4.69) is 6.92 Å². The molecule has 0 N–H and O–H groups in total. The molecular weight excluding hydrogens is 298 g/mol. The Balaban J connectivity index is 2.12. The van der Waals surface area contributed by atoms with Crippen LogP contribution in [-0.4, -0.2) is 11.9 Å². The molecule has 0 saturated heterocycles. The van der Waals surface area contributed by atoms with Gasteiger partial charge in [-0.3, -0.25) is 4.79 Å². The number of benzene rings is 2. The monoisotopic (exact) mass is 313 g/mol. The van der Waals surface area contributed by atoms with Crippen molar-refractivity contribution in [2.75, 3.05) is 0 Å². The third kappa shape index (κ3) is 3.66. The molecule has 0 bridgehead atoms. The Labute approximate surface area is 135 Å². The molecule has 0 spiro atoms. The second kappa shape index (κ2) is 7.11. The maximum absolute atomic E-state index is 12.4. The normalized spacial score (nSPS) is 11.5. The average molecular weight is 314 g/mol. The van der Waals surface area contributed by atoms with Gasteiger partial charge >= 0.3 is 0 Å². The van der Waals surface area contributed by atoms with Crippen LogP contribution < -0.4 is 4.74 Å². The van der Waals surface area contributed by atoms with E-state index in [4.69, 9.17) is 21.6 Å². The van der Waals surface area contributed by atoms with E-state index in [1.807, 2.05) is 18.2 Å². The summed E-state index contributed by atoms with van der Waals surface area (Å²) >= 11 is 6.06. The van der Waals surface area contributed by atoms with Gasteiger partial charge in [-0.15, -0.1) is 0 Å². The fourth-order valence-electron chi connectivity index (χ4n) is 2.05. The van der Waals surface area contributed by atoms with Crippen molar-refractivity contribution >= 4 is 17.4 Å². The number of rotatable bonds is 5. The van der Waals surface area contributed by atoms with Gasteiger partial charge in [-0.2, -0.15) is 5.26 Å². The summed E-state index contributed by atoms with van der Waals surface area (Å²) < 4.78 is 5.63. The molecule has 0 amide bonds. The lowest BCUT2D eigenvalue weighted by molar-refractivity contribution is 0.0818. The first-order valence-corrected chi connectivity index (χ1v) is 7.42. The van der Waals surface area contributed by atoms with E-state index in [0.717, 1.165) is 6.42 Å². The Bertz CT molecular complexity index is 717. The lowest BCUT2D eigenvalue weighted by atomic mass is 10.0. The molecule has 112 valence electrons. The number of hydrogen-bond acceptors (Lipinski definition) is 3. The number of aryl methyl sites for hydroxylation is 1. The number of ketones is 1. The smallest absolute Gasteiger partial charge is 0.202 e. The van der Waals surface area contributed by atoms with Gasteiger partial charge in [-0.1, -0.05) is 42.8 Å². The maximum atomic E-state index is 12.4. The van der Waals surface area contributed by atoms with Crippen LogP contribution in [0.5, 0.6) is 5.75 Å². The second-order valence-electron chi connectivity index (χ2n) is 4.93. The molecule has 2 aromatic carbocycles. The fourth-order valence-corrected chi connectivity index (χ4v) is 2.27. The molecule has 0 aliphatic carbocycles. The van der Waals surface area contributed by atoms with E-state index in [-0.39, 0.29) is 5.78 Å². The van der Waals surface area contributed by atoms with Crippen LogP contribution in [0, 0.1) is 11.3 Å². The number of carbonyl (C=O) groups excluding carboxylic acids is 1. The highest BCUT2D eigenvalue weighted by atomic mass is 35.5. The molecule has 4 heteroatoms. The van der Waals surface area contributed by atoms with Crippen molar-refractivity contribution in [3.63, 3.8) is 0 Å². The largest absolute Gasteiger partial charge is 0.481 e. The molecule has 0 fully saturated rings. The van der Waals surface area contributed by atoms with E-state index < -0.39 is 6.10 Å². The van der Waals surface area contributed by atoms with Crippen LogP contribution in [0.25, 0.3) is 0 Å². The van der Waals surface area contributed by atoms with E-state index in [0.29, 0.717) is 21.9 Å². The molecule has 1 atom stereocenters. The SMILES string of the molecule is CCc1ccc(C(=O)[C@H](C)Oc2ccc(C#N)cc2Cl)cc1. The lowest BCUT2D eigenvalue weighted by Crippen LogP contribution is -2.24. The zero-order valence-corrected chi connectivity index (χ0v) is 13.2. The molecule has 0 aliphatic heterocycles. The average Bonchev–Trinajstić information content (AvgIpc) is 2.56. The molecule has 0 heterocycles. The highest BCUT2D eigenvalue weighted by molar-refractivity contribution is 6.32. The maximum Gasteiger partial charge on any atom is 0.202 e. The number of carbonyl (C=O) groups is 1. The van der Waals surface area contributed by atoms with Crippen molar-refractivity contribution in [3.8, 4) is 11.8 Å². The highest BCUT2D eigenvalue weighted by Crippen LogP contribution is 2.26.